The Morgan fingerprint density at radius 1 is 1.23 bits per heavy atom. The van der Waals surface area contributed by atoms with Crippen LogP contribution in [-0.2, 0) is 4.74 Å². The van der Waals surface area contributed by atoms with Crippen LogP contribution >= 0.6 is 35.2 Å². The number of rotatable bonds is 4. The lowest BCUT2D eigenvalue weighted by molar-refractivity contribution is 0.0601. The first-order valence-electron chi connectivity index (χ1n) is 7.52. The number of amides is 1. The molecule has 0 aliphatic rings. The minimum atomic E-state index is -0.542. The Bertz CT molecular complexity index is 865. The van der Waals surface area contributed by atoms with E-state index in [1.807, 2.05) is 6.07 Å². The van der Waals surface area contributed by atoms with E-state index in [0.717, 1.165) is 11.3 Å². The molecule has 2 N–H and O–H groups in total. The van der Waals surface area contributed by atoms with E-state index in [1.54, 1.807) is 39.2 Å². The highest BCUT2D eigenvalue weighted by Gasteiger charge is 2.26. The molecule has 1 aromatic heterocycles. The summed E-state index contributed by atoms with van der Waals surface area (Å²) in [6.07, 6.45) is 0. The number of methoxy groups -OCH3 is 1. The van der Waals surface area contributed by atoms with Crippen molar-refractivity contribution in [1.29, 1.82) is 0 Å². The molecule has 0 unspecified atom stereocenters. The van der Waals surface area contributed by atoms with Gasteiger partial charge in [-0.05, 0) is 36.8 Å². The molecule has 0 atom stereocenters. The lowest BCUT2D eigenvalue weighted by atomic mass is 10.1. The van der Waals surface area contributed by atoms with Crippen molar-refractivity contribution in [1.82, 2.24) is 4.90 Å². The third-order valence-corrected chi connectivity index (χ3v) is 5.21. The predicted molar refractivity (Wildman–Crippen MR) is 110 cm³/mol. The SMILES string of the molecule is COC(=O)c1c(NC(=S)Nc2ccccc2Cl)sc(C(=O)N(C)C)c1C. The number of nitrogens with zero attached hydrogens (tertiary/aromatic N) is 1. The summed E-state index contributed by atoms with van der Waals surface area (Å²) in [5.41, 5.74) is 1.46. The first-order chi connectivity index (χ1) is 12.3. The molecule has 26 heavy (non-hydrogen) atoms. The topological polar surface area (TPSA) is 70.7 Å². The molecule has 0 aliphatic carbocycles. The fraction of sp³-hybridized carbons (Fsp3) is 0.235. The maximum atomic E-state index is 12.4. The maximum absolute atomic E-state index is 12.4. The van der Waals surface area contributed by atoms with Crippen LogP contribution in [0.5, 0.6) is 0 Å². The second-order valence-corrected chi connectivity index (χ2v) is 7.35. The Balaban J connectivity index is 2.34. The molecule has 0 radical (unpaired) electrons. The molecule has 9 heteroatoms. The molecule has 0 spiro atoms. The Hall–Kier alpha value is -2.16. The number of hydrogen-bond donors (Lipinski definition) is 2. The van der Waals surface area contributed by atoms with E-state index in [9.17, 15) is 9.59 Å². The normalized spacial score (nSPS) is 10.2. The van der Waals surface area contributed by atoms with Crippen LogP contribution in [0.2, 0.25) is 5.02 Å². The summed E-state index contributed by atoms with van der Waals surface area (Å²) in [5.74, 6) is -0.740. The number of ether oxygens (including phenoxy) is 1. The molecular weight excluding hydrogens is 394 g/mol. The van der Waals surface area contributed by atoms with Crippen LogP contribution in [-0.4, -0.2) is 43.1 Å². The number of thiocarbonyl (C=S) groups is 1. The molecule has 0 aliphatic heterocycles. The molecule has 2 rings (SSSR count). The number of esters is 1. The average molecular weight is 412 g/mol. The van der Waals surface area contributed by atoms with Gasteiger partial charge in [0.15, 0.2) is 5.11 Å². The van der Waals surface area contributed by atoms with Gasteiger partial charge in [-0.2, -0.15) is 0 Å². The van der Waals surface area contributed by atoms with Crippen LogP contribution in [0.3, 0.4) is 0 Å². The summed E-state index contributed by atoms with van der Waals surface area (Å²) in [7, 11) is 4.59. The molecule has 0 saturated carbocycles. The summed E-state index contributed by atoms with van der Waals surface area (Å²) < 4.78 is 4.85. The minimum absolute atomic E-state index is 0.198. The third kappa shape index (κ3) is 4.32. The van der Waals surface area contributed by atoms with Crippen molar-refractivity contribution in [3.8, 4) is 0 Å². The fourth-order valence-corrected chi connectivity index (χ4v) is 3.86. The third-order valence-electron chi connectivity index (χ3n) is 3.49. The molecule has 0 bridgehead atoms. The van der Waals surface area contributed by atoms with Crippen molar-refractivity contribution in [3.05, 3.63) is 45.3 Å². The highest BCUT2D eigenvalue weighted by molar-refractivity contribution is 7.80. The van der Waals surface area contributed by atoms with Crippen LogP contribution in [0.15, 0.2) is 24.3 Å². The van der Waals surface area contributed by atoms with Crippen molar-refractivity contribution < 1.29 is 14.3 Å². The first-order valence-corrected chi connectivity index (χ1v) is 9.12. The minimum Gasteiger partial charge on any atom is -0.465 e. The van der Waals surface area contributed by atoms with Crippen molar-refractivity contribution in [2.45, 2.75) is 6.92 Å². The zero-order valence-electron chi connectivity index (χ0n) is 14.7. The molecule has 1 amide bonds. The Morgan fingerprint density at radius 3 is 2.46 bits per heavy atom. The summed E-state index contributed by atoms with van der Waals surface area (Å²) in [5, 5.41) is 7.12. The van der Waals surface area contributed by atoms with E-state index < -0.39 is 5.97 Å². The monoisotopic (exact) mass is 411 g/mol. The average Bonchev–Trinajstić information content (AvgIpc) is 2.91. The van der Waals surface area contributed by atoms with Gasteiger partial charge in [0.2, 0.25) is 0 Å². The number of halogens is 1. The van der Waals surface area contributed by atoms with Crippen LogP contribution in [0.4, 0.5) is 10.7 Å². The van der Waals surface area contributed by atoms with Crippen molar-refractivity contribution in [3.63, 3.8) is 0 Å². The summed E-state index contributed by atoms with van der Waals surface area (Å²) in [6, 6.07) is 7.13. The molecule has 0 fully saturated rings. The Labute approximate surface area is 166 Å². The van der Waals surface area contributed by atoms with E-state index in [0.29, 0.717) is 26.2 Å². The van der Waals surface area contributed by atoms with E-state index in [-0.39, 0.29) is 16.6 Å². The highest BCUT2D eigenvalue weighted by Crippen LogP contribution is 2.34. The van der Waals surface area contributed by atoms with Gasteiger partial charge in [-0.25, -0.2) is 4.79 Å². The van der Waals surface area contributed by atoms with Gasteiger partial charge in [-0.1, -0.05) is 23.7 Å². The fourth-order valence-electron chi connectivity index (χ4n) is 2.18. The molecule has 6 nitrogen and oxygen atoms in total. The predicted octanol–water partition coefficient (Wildman–Crippen LogP) is 4.01. The van der Waals surface area contributed by atoms with Gasteiger partial charge in [0.05, 0.1) is 28.3 Å². The molecule has 1 heterocycles. The zero-order valence-corrected chi connectivity index (χ0v) is 17.1. The van der Waals surface area contributed by atoms with Gasteiger partial charge < -0.3 is 20.3 Å². The summed E-state index contributed by atoms with van der Waals surface area (Å²) in [6.45, 7) is 1.70. The lowest BCUT2D eigenvalue weighted by Crippen LogP contribution is -2.21. The second kappa shape index (κ2) is 8.48. The molecule has 138 valence electrons. The van der Waals surface area contributed by atoms with Crippen molar-refractivity contribution in [2.24, 2.45) is 0 Å². The number of benzene rings is 1. The number of para-hydroxylation sites is 1. The Kier molecular flexibility index (Phi) is 6.57. The smallest absolute Gasteiger partial charge is 0.341 e. The summed E-state index contributed by atoms with van der Waals surface area (Å²) in [4.78, 5) is 26.4. The van der Waals surface area contributed by atoms with Gasteiger partial charge in [0.25, 0.3) is 5.91 Å². The first kappa shape index (κ1) is 20.2. The molecule has 0 saturated heterocycles. The van der Waals surface area contributed by atoms with Gasteiger partial charge in [0.1, 0.15) is 5.00 Å². The summed E-state index contributed by atoms with van der Waals surface area (Å²) >= 11 is 12.6. The lowest BCUT2D eigenvalue weighted by Gasteiger charge is -2.11. The van der Waals surface area contributed by atoms with Gasteiger partial charge in [-0.15, -0.1) is 11.3 Å². The number of carbonyl (C=O) groups excluding carboxylic acids is 2. The number of hydrogen-bond acceptors (Lipinski definition) is 5. The Morgan fingerprint density at radius 2 is 1.88 bits per heavy atom. The van der Waals surface area contributed by atoms with Gasteiger partial charge in [-0.3, -0.25) is 4.79 Å². The molecule has 2 aromatic rings. The standard InChI is InChI=1S/C17H18ClN3O3S2/c1-9-12(16(23)24-4)14(26-13(9)15(22)21(2)3)20-17(25)19-11-8-6-5-7-10(11)18/h5-8H,1-4H3,(H2,19,20,25). The number of carbonyl (C=O) groups is 2. The van der Waals surface area contributed by atoms with Crippen LogP contribution in [0, 0.1) is 6.92 Å². The largest absolute Gasteiger partial charge is 0.465 e. The number of anilines is 2. The maximum Gasteiger partial charge on any atom is 0.341 e. The van der Waals surface area contributed by atoms with Crippen LogP contribution in [0.1, 0.15) is 25.6 Å². The molecule has 1 aromatic carbocycles. The van der Waals surface area contributed by atoms with Crippen LogP contribution in [0.25, 0.3) is 0 Å². The van der Waals surface area contributed by atoms with Crippen LogP contribution < -0.4 is 10.6 Å². The van der Waals surface area contributed by atoms with E-state index in [1.165, 1.54) is 12.0 Å². The van der Waals surface area contributed by atoms with Crippen molar-refractivity contribution in [2.75, 3.05) is 31.8 Å². The van der Waals surface area contributed by atoms with Gasteiger partial charge >= 0.3 is 5.97 Å². The number of nitrogens with one attached hydrogen (secondary N) is 2. The molecular formula is C17H18ClN3O3S2. The quantitative estimate of drug-likeness (QED) is 0.585. The zero-order chi connectivity index (χ0) is 19.4. The van der Waals surface area contributed by atoms with Gasteiger partial charge in [0, 0.05) is 14.1 Å². The van der Waals surface area contributed by atoms with Crippen molar-refractivity contribution >= 4 is 62.8 Å². The highest BCUT2D eigenvalue weighted by atomic mass is 35.5. The van der Waals surface area contributed by atoms with E-state index in [4.69, 9.17) is 28.6 Å². The van der Waals surface area contributed by atoms with E-state index in [2.05, 4.69) is 10.6 Å². The second-order valence-electron chi connectivity index (χ2n) is 5.51. The number of thiophene rings is 1. The van der Waals surface area contributed by atoms with E-state index >= 15 is 0 Å².